The van der Waals surface area contributed by atoms with Gasteiger partial charge in [-0.2, -0.15) is 46.7 Å². The number of ketones is 2. The molecule has 2 aromatic heterocycles. The van der Waals surface area contributed by atoms with Crippen molar-refractivity contribution in [3.05, 3.63) is 179 Å². The Bertz CT molecular complexity index is 3480. The van der Waals surface area contributed by atoms with E-state index in [-0.39, 0.29) is 122 Å². The minimum Gasteiger partial charge on any atom is -0.395 e. The molecular weight excluding hydrogens is 1070 g/mol. The minimum absolute atomic E-state index is 0.00829. The van der Waals surface area contributed by atoms with E-state index in [0.717, 1.165) is 12.1 Å². The molecular formula is C54H52N12O12S2. The lowest BCUT2D eigenvalue weighted by atomic mass is 10.0. The molecule has 0 saturated heterocycles. The molecule has 8 aromatic rings. The topological polar surface area (TPSA) is 356 Å². The van der Waals surface area contributed by atoms with E-state index in [4.69, 9.17) is 0 Å². The lowest BCUT2D eigenvalue weighted by Crippen LogP contribution is -2.31. The van der Waals surface area contributed by atoms with Gasteiger partial charge in [0.15, 0.2) is 11.6 Å². The summed E-state index contributed by atoms with van der Waals surface area (Å²) >= 11 is 0. The normalized spacial score (nSPS) is 11.5. The lowest BCUT2D eigenvalue weighted by molar-refractivity contribution is 0.103. The first kappa shape index (κ1) is 57.1. The first-order valence-electron chi connectivity index (χ1n) is 24.4. The summed E-state index contributed by atoms with van der Waals surface area (Å²) in [6, 6.07) is 38.1. The van der Waals surface area contributed by atoms with Crippen molar-refractivity contribution in [2.24, 2.45) is 0 Å². The minimum atomic E-state index is -4.99. The smallest absolute Gasteiger partial charge is 0.295 e. The van der Waals surface area contributed by atoms with Crippen LogP contribution in [0, 0.1) is 0 Å². The lowest BCUT2D eigenvalue weighted by Gasteiger charge is -2.21. The van der Waals surface area contributed by atoms with Gasteiger partial charge in [-0.15, -0.1) is 0 Å². The molecule has 0 aliphatic heterocycles. The number of hydrogen-bond donors (Lipinski definition) is 10. The van der Waals surface area contributed by atoms with Crippen LogP contribution in [-0.4, -0.2) is 140 Å². The van der Waals surface area contributed by atoms with Crippen molar-refractivity contribution in [1.29, 1.82) is 0 Å². The van der Waals surface area contributed by atoms with Crippen molar-refractivity contribution in [3.63, 3.8) is 0 Å². The van der Waals surface area contributed by atoms with Crippen molar-refractivity contribution in [2.45, 2.75) is 9.79 Å². The number of carbonyl (C=O) groups is 2. The molecule has 0 spiro atoms. The summed E-state index contributed by atoms with van der Waals surface area (Å²) in [6.45, 7) is -1.25. The second-order valence-electron chi connectivity index (χ2n) is 17.3. The molecule has 0 bridgehead atoms. The van der Waals surface area contributed by atoms with Gasteiger partial charge in [0.05, 0.1) is 26.4 Å². The van der Waals surface area contributed by atoms with Gasteiger partial charge in [0.25, 0.3) is 20.2 Å². The summed E-state index contributed by atoms with van der Waals surface area (Å²) in [7, 11) is -9.99. The van der Waals surface area contributed by atoms with E-state index in [9.17, 15) is 56.0 Å². The Morgan fingerprint density at radius 1 is 0.400 bits per heavy atom. The molecule has 80 heavy (non-hydrogen) atoms. The Morgan fingerprint density at radius 2 is 0.688 bits per heavy atom. The van der Waals surface area contributed by atoms with E-state index in [1.165, 1.54) is 46.2 Å². The second-order valence-corrected chi connectivity index (χ2v) is 20.0. The maximum Gasteiger partial charge on any atom is 0.295 e. The molecule has 8 rings (SSSR count). The maximum atomic E-state index is 13.0. The largest absolute Gasteiger partial charge is 0.395 e. The number of benzene rings is 6. The predicted octanol–water partition coefficient (Wildman–Crippen LogP) is 5.74. The van der Waals surface area contributed by atoms with Crippen molar-refractivity contribution in [3.8, 4) is 0 Å². The van der Waals surface area contributed by atoms with E-state index in [2.05, 4.69) is 51.2 Å². The van der Waals surface area contributed by atoms with Gasteiger partial charge in [-0.25, -0.2) is 0 Å². The molecule has 0 aliphatic carbocycles. The molecule has 10 N–H and O–H groups in total. The van der Waals surface area contributed by atoms with Crippen molar-refractivity contribution >= 4 is 102 Å². The number of nitrogens with zero attached hydrogens (tertiary/aromatic N) is 8. The zero-order valence-electron chi connectivity index (χ0n) is 42.2. The van der Waals surface area contributed by atoms with Crippen molar-refractivity contribution in [1.82, 2.24) is 29.9 Å². The van der Waals surface area contributed by atoms with E-state index in [0.29, 0.717) is 33.6 Å². The number of aromatic nitrogens is 6. The molecule has 6 aromatic carbocycles. The maximum absolute atomic E-state index is 13.0. The van der Waals surface area contributed by atoms with Crippen LogP contribution in [0.15, 0.2) is 155 Å². The zero-order valence-corrected chi connectivity index (χ0v) is 43.8. The van der Waals surface area contributed by atoms with Crippen LogP contribution in [0.3, 0.4) is 0 Å². The molecule has 0 unspecified atom stereocenters. The van der Waals surface area contributed by atoms with Gasteiger partial charge in [0.2, 0.25) is 35.7 Å². The number of nitrogens with one attached hydrogen (secondary N) is 4. The predicted molar refractivity (Wildman–Crippen MR) is 300 cm³/mol. The first-order valence-corrected chi connectivity index (χ1v) is 27.2. The van der Waals surface area contributed by atoms with Crippen molar-refractivity contribution < 1.29 is 56.0 Å². The molecule has 0 amide bonds. The number of anilines is 10. The molecule has 0 radical (unpaired) electrons. The first-order chi connectivity index (χ1) is 38.5. The van der Waals surface area contributed by atoms with E-state index < -0.39 is 30.0 Å². The third-order valence-electron chi connectivity index (χ3n) is 11.7. The van der Waals surface area contributed by atoms with E-state index in [1.807, 2.05) is 0 Å². The van der Waals surface area contributed by atoms with Gasteiger partial charge in [-0.05, 0) is 83.9 Å². The van der Waals surface area contributed by atoms with Crippen LogP contribution in [-0.2, 0) is 20.2 Å². The molecule has 0 aliphatic rings. The number of aliphatic hydroxyl groups excluding tert-OH is 4. The van der Waals surface area contributed by atoms with Gasteiger partial charge in [0.1, 0.15) is 9.79 Å². The number of rotatable bonds is 26. The Morgan fingerprint density at radius 3 is 0.988 bits per heavy atom. The van der Waals surface area contributed by atoms with Crippen molar-refractivity contribution in [2.75, 3.05) is 83.7 Å². The zero-order chi connectivity index (χ0) is 56.8. The summed E-state index contributed by atoms with van der Waals surface area (Å²) in [5, 5.41) is 51.0. The molecule has 0 fully saturated rings. The Labute approximate surface area is 458 Å². The van der Waals surface area contributed by atoms with Crippen LogP contribution >= 0.6 is 0 Å². The molecule has 412 valence electrons. The molecule has 2 heterocycles. The highest BCUT2D eigenvalue weighted by Gasteiger charge is 2.21. The summed E-state index contributed by atoms with van der Waals surface area (Å²) in [6.07, 6.45) is 2.40. The van der Waals surface area contributed by atoms with E-state index in [1.54, 1.807) is 109 Å². The average Bonchev–Trinajstić information content (AvgIpc) is 3.46. The number of aliphatic hydroxyl groups is 4. The van der Waals surface area contributed by atoms with Crippen LogP contribution in [0.2, 0.25) is 0 Å². The summed E-state index contributed by atoms with van der Waals surface area (Å²) < 4.78 is 72.6. The average molecular weight is 1130 g/mol. The highest BCUT2D eigenvalue weighted by atomic mass is 32.2. The fourth-order valence-corrected chi connectivity index (χ4v) is 9.33. The highest BCUT2D eigenvalue weighted by Crippen LogP contribution is 2.30. The van der Waals surface area contributed by atoms with Crippen LogP contribution in [0.5, 0.6) is 0 Å². The Hall–Kier alpha value is -9.12. The Kier molecular flexibility index (Phi) is 18.6. The van der Waals surface area contributed by atoms with Gasteiger partial charge in [-0.3, -0.25) is 18.7 Å². The SMILES string of the molecule is O=C(c1ccccc1)c1ccc(Nc2nc(Nc3ccc(/C=C/c4ccc(Nc5nc(Nc6ccc(C(=O)c7ccccc7)cc6)nc(N(CCO)CCO)n5)cc4S(=O)(=O)O)c(S(=O)(=O)O)c3)nc(N(CCO)CCO)n2)cc1. The monoisotopic (exact) mass is 1120 g/mol. The summed E-state index contributed by atoms with van der Waals surface area (Å²) in [5.74, 6) is -0.679. The van der Waals surface area contributed by atoms with E-state index >= 15 is 0 Å². The molecule has 26 heteroatoms. The number of carbonyl (C=O) groups excluding carboxylic acids is 2. The van der Waals surface area contributed by atoms with Crippen LogP contribution in [0.25, 0.3) is 12.2 Å². The van der Waals surface area contributed by atoms with Crippen LogP contribution in [0.1, 0.15) is 43.0 Å². The number of hydrogen-bond acceptors (Lipinski definition) is 22. The molecule has 24 nitrogen and oxygen atoms in total. The summed E-state index contributed by atoms with van der Waals surface area (Å²) in [4.78, 5) is 54.4. The second kappa shape index (κ2) is 26.0. The third-order valence-corrected chi connectivity index (χ3v) is 13.5. The van der Waals surface area contributed by atoms with Gasteiger partial charge < -0.3 is 51.5 Å². The fraction of sp³-hybridized carbons (Fsp3) is 0.148. The fourth-order valence-electron chi connectivity index (χ4n) is 7.91. The van der Waals surface area contributed by atoms with Crippen LogP contribution in [0.4, 0.5) is 58.4 Å². The van der Waals surface area contributed by atoms with Gasteiger partial charge >= 0.3 is 0 Å². The third kappa shape index (κ3) is 14.9. The summed E-state index contributed by atoms with van der Waals surface area (Å²) in [5.41, 5.74) is 2.69. The van der Waals surface area contributed by atoms with Crippen LogP contribution < -0.4 is 31.1 Å². The standard InChI is InChI=1S/C54H52N12O12S2/c67-29-25-65(26-30-68)53-61-49(55-41-19-15-39(16-20-41)47(71)37-7-3-1-4-8-37)59-51(63-53)57-43-23-13-35(45(33-43)79(73,74)75)11-12-36-14-24-44(34-46(36)80(76,77)78)58-52-60-50(62-54(64-52)66(27-31-69)28-32-70)56-42-21-17-40(18-22-42)48(72)38-9-5-2-6-10-38/h1-24,33-34,67-70H,25-32H2,(H,73,74,75)(H,76,77,78)(H2,55,57,59,61,63)(H2,56,58,60,62,64)/b12-11+. The molecule has 0 atom stereocenters. The van der Waals surface area contributed by atoms with Gasteiger partial charge in [-0.1, -0.05) is 84.9 Å². The quantitative estimate of drug-likeness (QED) is 0.0175. The van der Waals surface area contributed by atoms with Gasteiger partial charge in [0, 0.05) is 71.2 Å². The highest BCUT2D eigenvalue weighted by molar-refractivity contribution is 7.86. The Balaban J connectivity index is 1.05. The molecule has 0 saturated carbocycles.